The van der Waals surface area contributed by atoms with Crippen molar-refractivity contribution in [1.29, 1.82) is 0 Å². The van der Waals surface area contributed by atoms with Crippen molar-refractivity contribution in [1.82, 2.24) is 19.7 Å². The topological polar surface area (TPSA) is 72.8 Å². The van der Waals surface area contributed by atoms with Crippen molar-refractivity contribution in [3.8, 4) is 22.7 Å². The Morgan fingerprint density at radius 1 is 1.14 bits per heavy atom. The lowest BCUT2D eigenvalue weighted by Crippen LogP contribution is -2.28. The minimum absolute atomic E-state index is 0.0873. The summed E-state index contributed by atoms with van der Waals surface area (Å²) in [6.07, 6.45) is -0.361. The molecule has 0 spiro atoms. The number of carbonyl (C=O) groups excluding carboxylic acids is 1. The number of alkyl halides is 3. The van der Waals surface area contributed by atoms with Gasteiger partial charge in [-0.25, -0.2) is 18.9 Å². The van der Waals surface area contributed by atoms with Crippen molar-refractivity contribution in [2.75, 3.05) is 0 Å². The van der Waals surface area contributed by atoms with E-state index >= 15 is 0 Å². The molecule has 142 valence electrons. The fourth-order valence-electron chi connectivity index (χ4n) is 2.70. The van der Waals surface area contributed by atoms with Crippen LogP contribution in [0.4, 0.5) is 17.6 Å². The molecule has 10 heteroatoms. The van der Waals surface area contributed by atoms with E-state index in [9.17, 15) is 22.4 Å². The number of benzene rings is 1. The van der Waals surface area contributed by atoms with Crippen molar-refractivity contribution < 1.29 is 27.1 Å². The maximum Gasteiger partial charge on any atom is 0.491 e. The number of hydrogen-bond acceptors (Lipinski definition) is 4. The summed E-state index contributed by atoms with van der Waals surface area (Å²) in [5.74, 6) is -3.56. The minimum atomic E-state index is -5.18. The number of aromatic amines is 1. The molecule has 0 atom stereocenters. The van der Waals surface area contributed by atoms with Crippen LogP contribution in [0.5, 0.6) is 5.75 Å². The first kappa shape index (κ1) is 17.7. The second kappa shape index (κ2) is 6.48. The molecule has 4 rings (SSSR count). The molecular formula is C18H10F4N4O2. The van der Waals surface area contributed by atoms with Crippen molar-refractivity contribution in [3.63, 3.8) is 0 Å². The summed E-state index contributed by atoms with van der Waals surface area (Å²) in [7, 11) is 0. The average molecular weight is 390 g/mol. The first-order valence-electron chi connectivity index (χ1n) is 7.90. The van der Waals surface area contributed by atoms with Gasteiger partial charge in [-0.05, 0) is 36.4 Å². The molecule has 4 aromatic rings. The summed E-state index contributed by atoms with van der Waals surface area (Å²) < 4.78 is 57.1. The third kappa shape index (κ3) is 3.20. The summed E-state index contributed by atoms with van der Waals surface area (Å²) in [6, 6.07) is 7.75. The van der Waals surface area contributed by atoms with Gasteiger partial charge in [0.25, 0.3) is 0 Å². The summed E-state index contributed by atoms with van der Waals surface area (Å²) in [4.78, 5) is 18.3. The minimum Gasteiger partial charge on any atom is -0.419 e. The van der Waals surface area contributed by atoms with E-state index in [1.165, 1.54) is 10.7 Å². The van der Waals surface area contributed by atoms with Gasteiger partial charge in [0, 0.05) is 29.5 Å². The number of nitrogens with zero attached hydrogens (tertiary/aromatic N) is 3. The van der Waals surface area contributed by atoms with Crippen LogP contribution in [0.15, 0.2) is 55.0 Å². The molecule has 0 aliphatic rings. The zero-order valence-corrected chi connectivity index (χ0v) is 13.9. The van der Waals surface area contributed by atoms with Gasteiger partial charge < -0.3 is 9.72 Å². The molecule has 0 saturated carbocycles. The Bertz CT molecular complexity index is 1180. The number of ether oxygens (including phenoxy) is 1. The Balaban J connectivity index is 1.76. The molecule has 0 fully saturated rings. The standard InChI is InChI=1S/C18H10F4N4O2/c19-10-1-2-15(28-17(27)18(20,21)22)12(9-10)13-5-8-26(25-13)14-4-7-24-16-11(14)3-6-23-16/h1-9H,(H,23,24). The molecule has 0 aliphatic carbocycles. The highest BCUT2D eigenvalue weighted by Gasteiger charge is 2.41. The number of halogens is 4. The average Bonchev–Trinajstić information content (AvgIpc) is 3.31. The Hall–Kier alpha value is -3.69. The van der Waals surface area contributed by atoms with Crippen molar-refractivity contribution in [2.24, 2.45) is 0 Å². The van der Waals surface area contributed by atoms with Crippen LogP contribution in [0.1, 0.15) is 0 Å². The lowest BCUT2D eigenvalue weighted by molar-refractivity contribution is -0.189. The fourth-order valence-corrected chi connectivity index (χ4v) is 2.70. The van der Waals surface area contributed by atoms with Crippen LogP contribution in [0, 0.1) is 5.82 Å². The van der Waals surface area contributed by atoms with Crippen LogP contribution in [0.3, 0.4) is 0 Å². The van der Waals surface area contributed by atoms with Crippen LogP contribution in [-0.2, 0) is 4.79 Å². The molecule has 1 aromatic carbocycles. The number of aromatic nitrogens is 4. The second-order valence-corrected chi connectivity index (χ2v) is 5.74. The van der Waals surface area contributed by atoms with E-state index in [1.807, 2.05) is 0 Å². The molecule has 0 bridgehead atoms. The Morgan fingerprint density at radius 3 is 2.75 bits per heavy atom. The quantitative estimate of drug-likeness (QED) is 0.326. The number of nitrogens with one attached hydrogen (secondary N) is 1. The summed E-state index contributed by atoms with van der Waals surface area (Å²) >= 11 is 0. The summed E-state index contributed by atoms with van der Waals surface area (Å²) in [5.41, 5.74) is 1.32. The number of hydrogen-bond donors (Lipinski definition) is 1. The van der Waals surface area contributed by atoms with Gasteiger partial charge in [-0.1, -0.05) is 0 Å². The third-order valence-electron chi connectivity index (χ3n) is 3.92. The predicted molar refractivity (Wildman–Crippen MR) is 90.3 cm³/mol. The molecule has 3 heterocycles. The number of esters is 1. The predicted octanol–water partition coefficient (Wildman–Crippen LogP) is 4.02. The van der Waals surface area contributed by atoms with Gasteiger partial charge in [0.1, 0.15) is 17.2 Å². The van der Waals surface area contributed by atoms with E-state index < -0.39 is 23.7 Å². The van der Waals surface area contributed by atoms with Gasteiger partial charge in [-0.2, -0.15) is 18.3 Å². The summed E-state index contributed by atoms with van der Waals surface area (Å²) in [6.45, 7) is 0. The smallest absolute Gasteiger partial charge is 0.419 e. The molecular weight excluding hydrogens is 380 g/mol. The van der Waals surface area contributed by atoms with E-state index in [0.29, 0.717) is 11.3 Å². The number of carbonyl (C=O) groups is 1. The number of rotatable bonds is 3. The Labute approximate surface area is 154 Å². The molecule has 1 N–H and O–H groups in total. The maximum absolute atomic E-state index is 13.7. The highest BCUT2D eigenvalue weighted by Crippen LogP contribution is 2.32. The molecule has 6 nitrogen and oxygen atoms in total. The van der Waals surface area contributed by atoms with Crippen molar-refractivity contribution >= 4 is 17.0 Å². The monoisotopic (exact) mass is 390 g/mol. The molecule has 0 saturated heterocycles. The van der Waals surface area contributed by atoms with Gasteiger partial charge in [0.15, 0.2) is 0 Å². The molecule has 0 unspecified atom stereocenters. The third-order valence-corrected chi connectivity index (χ3v) is 3.92. The zero-order chi connectivity index (χ0) is 19.9. The van der Waals surface area contributed by atoms with E-state index in [0.717, 1.165) is 23.6 Å². The molecule has 0 aliphatic heterocycles. The maximum atomic E-state index is 13.7. The molecule has 0 amide bonds. The highest BCUT2D eigenvalue weighted by atomic mass is 19.4. The number of pyridine rings is 1. The highest BCUT2D eigenvalue weighted by molar-refractivity contribution is 5.85. The lowest BCUT2D eigenvalue weighted by Gasteiger charge is -2.10. The molecule has 3 aromatic heterocycles. The zero-order valence-electron chi connectivity index (χ0n) is 13.9. The van der Waals surface area contributed by atoms with Gasteiger partial charge >= 0.3 is 12.1 Å². The van der Waals surface area contributed by atoms with E-state index in [1.54, 1.807) is 30.7 Å². The second-order valence-electron chi connectivity index (χ2n) is 5.74. The van der Waals surface area contributed by atoms with E-state index in [2.05, 4.69) is 19.8 Å². The van der Waals surface area contributed by atoms with Crippen LogP contribution in [0.25, 0.3) is 28.0 Å². The summed E-state index contributed by atoms with van der Waals surface area (Å²) in [5, 5.41) is 5.05. The molecule has 0 radical (unpaired) electrons. The van der Waals surface area contributed by atoms with Crippen molar-refractivity contribution in [2.45, 2.75) is 6.18 Å². The van der Waals surface area contributed by atoms with Crippen LogP contribution in [0.2, 0.25) is 0 Å². The van der Waals surface area contributed by atoms with Crippen LogP contribution < -0.4 is 4.74 Å². The first-order valence-corrected chi connectivity index (χ1v) is 7.90. The van der Waals surface area contributed by atoms with Gasteiger partial charge in [-0.3, -0.25) is 0 Å². The van der Waals surface area contributed by atoms with E-state index in [4.69, 9.17) is 0 Å². The normalized spacial score (nSPS) is 11.7. The van der Waals surface area contributed by atoms with Gasteiger partial charge in [0.2, 0.25) is 0 Å². The number of fused-ring (bicyclic) bond motifs is 1. The van der Waals surface area contributed by atoms with Gasteiger partial charge in [0.05, 0.1) is 11.4 Å². The van der Waals surface area contributed by atoms with Crippen LogP contribution in [-0.4, -0.2) is 31.9 Å². The van der Waals surface area contributed by atoms with Gasteiger partial charge in [-0.15, -0.1) is 0 Å². The lowest BCUT2D eigenvalue weighted by atomic mass is 10.1. The van der Waals surface area contributed by atoms with Crippen molar-refractivity contribution in [3.05, 3.63) is 60.8 Å². The Morgan fingerprint density at radius 2 is 1.96 bits per heavy atom. The largest absolute Gasteiger partial charge is 0.491 e. The first-order chi connectivity index (χ1) is 13.3. The molecule has 28 heavy (non-hydrogen) atoms. The van der Waals surface area contributed by atoms with Crippen LogP contribution >= 0.6 is 0 Å². The number of H-pyrrole nitrogens is 1. The fraction of sp³-hybridized carbons (Fsp3) is 0.0556. The SMILES string of the molecule is O=C(Oc1ccc(F)cc1-c1ccn(-c2ccnc3[nH]ccc23)n1)C(F)(F)F. The van der Waals surface area contributed by atoms with E-state index in [-0.39, 0.29) is 11.3 Å². The Kier molecular flexibility index (Phi) is 4.10.